The van der Waals surface area contributed by atoms with Crippen LogP contribution in [-0.2, 0) is 0 Å². The Balaban J connectivity index is -0.0000000300. The quantitative estimate of drug-likeness (QED) is 0.199. The first-order valence-corrected chi connectivity index (χ1v) is 2.99. The molecule has 0 aliphatic heterocycles. The standard InChI is InChI=1S/C4H12N.Ca.3N3/c1-5(2,3)4;;3*1-3-2/h1-4H3;;;;/q+1;+2;3*-1. The van der Waals surface area contributed by atoms with E-state index in [2.05, 4.69) is 28.2 Å². The van der Waals surface area contributed by atoms with Crippen LogP contribution in [0.3, 0.4) is 0 Å². The molecule has 0 atom stereocenters. The molecule has 0 unspecified atom stereocenters. The minimum absolute atomic E-state index is 0. The minimum atomic E-state index is 0. The van der Waals surface area contributed by atoms with E-state index < -0.39 is 0 Å². The van der Waals surface area contributed by atoms with Gasteiger partial charge in [-0.15, -0.1) is 0 Å². The number of hydrogen-bond donors (Lipinski definition) is 0. The van der Waals surface area contributed by atoms with Crippen molar-refractivity contribution in [2.45, 2.75) is 0 Å². The molecule has 0 aliphatic rings. The summed E-state index contributed by atoms with van der Waals surface area (Å²) in [6, 6.07) is 0. The van der Waals surface area contributed by atoms with E-state index in [1.807, 2.05) is 0 Å². The van der Waals surface area contributed by atoms with Gasteiger partial charge in [-0.25, -0.2) is 0 Å². The molecule has 0 amide bonds. The van der Waals surface area contributed by atoms with Crippen LogP contribution in [0, 0.1) is 0 Å². The molecule has 0 saturated carbocycles. The Morgan fingerprint density at radius 2 is 0.600 bits per heavy atom. The van der Waals surface area contributed by atoms with Crippen molar-refractivity contribution in [1.29, 1.82) is 0 Å². The van der Waals surface area contributed by atoms with Gasteiger partial charge in [0.15, 0.2) is 0 Å². The van der Waals surface area contributed by atoms with Gasteiger partial charge >= 0.3 is 37.7 Å². The van der Waals surface area contributed by atoms with Crippen molar-refractivity contribution < 1.29 is 4.48 Å². The summed E-state index contributed by atoms with van der Waals surface area (Å²) in [7, 11) is 8.50. The Morgan fingerprint density at radius 3 is 0.600 bits per heavy atom. The Hall–Kier alpha value is -0.850. The van der Waals surface area contributed by atoms with Gasteiger partial charge in [0.05, 0.1) is 28.2 Å². The van der Waals surface area contributed by atoms with Gasteiger partial charge < -0.3 is 37.7 Å². The van der Waals surface area contributed by atoms with E-state index in [4.69, 9.17) is 33.2 Å². The summed E-state index contributed by atoms with van der Waals surface area (Å²) in [4.78, 5) is 4.50. The third-order valence-electron chi connectivity index (χ3n) is 0. The van der Waals surface area contributed by atoms with Crippen molar-refractivity contribution in [2.24, 2.45) is 0 Å². The molecule has 0 saturated heterocycles. The Labute approximate surface area is 118 Å². The van der Waals surface area contributed by atoms with E-state index in [-0.39, 0.29) is 37.7 Å². The summed E-state index contributed by atoms with van der Waals surface area (Å²) in [5.41, 5.74) is 40.5. The molecular weight excluding hydrogens is 228 g/mol. The smallest absolute Gasteiger partial charge is 0.373 e. The second-order valence-corrected chi connectivity index (χ2v) is 2.95. The molecule has 11 heteroatoms. The molecule has 0 aromatic rings. The van der Waals surface area contributed by atoms with Gasteiger partial charge in [0, 0.05) is 0 Å². The molecule has 0 rings (SSSR count). The van der Waals surface area contributed by atoms with Crippen molar-refractivity contribution in [1.82, 2.24) is 0 Å². The molecule has 0 spiro atoms. The molecular formula is C4H12CaN10. The fourth-order valence-corrected chi connectivity index (χ4v) is 0. The Kier molecular flexibility index (Phi) is 56.9. The third-order valence-corrected chi connectivity index (χ3v) is 0. The van der Waals surface area contributed by atoms with Gasteiger partial charge in [-0.05, 0) is 0 Å². The minimum Gasteiger partial charge on any atom is -0.373 e. The Morgan fingerprint density at radius 1 is 0.600 bits per heavy atom. The molecule has 0 aromatic heterocycles. The predicted octanol–water partition coefficient (Wildman–Crippen LogP) is 2.54. The zero-order valence-electron chi connectivity index (χ0n) is 9.18. The van der Waals surface area contributed by atoms with E-state index in [0.717, 1.165) is 4.48 Å². The molecule has 0 fully saturated rings. The first-order valence-electron chi connectivity index (χ1n) is 2.99. The van der Waals surface area contributed by atoms with Crippen LogP contribution in [-0.4, -0.2) is 70.4 Å². The summed E-state index contributed by atoms with van der Waals surface area (Å²) >= 11 is 0. The topological polar surface area (TPSA) is 176 Å². The van der Waals surface area contributed by atoms with Crippen molar-refractivity contribution in [2.75, 3.05) is 28.2 Å². The second kappa shape index (κ2) is 29.2. The molecule has 10 nitrogen and oxygen atoms in total. The normalized spacial score (nSPS) is 5.60. The molecule has 0 N–H and O–H groups in total. The van der Waals surface area contributed by atoms with Crippen LogP contribution in [0.1, 0.15) is 0 Å². The number of hydrogen-bond acceptors (Lipinski definition) is 0. The number of rotatable bonds is 0. The molecule has 80 valence electrons. The zero-order valence-corrected chi connectivity index (χ0v) is 11.4. The Bertz CT molecular complexity index is 163. The van der Waals surface area contributed by atoms with E-state index in [9.17, 15) is 0 Å². The van der Waals surface area contributed by atoms with Crippen LogP contribution in [0.25, 0.3) is 47.9 Å². The van der Waals surface area contributed by atoms with Crippen molar-refractivity contribution >= 4 is 37.7 Å². The number of quaternary nitrogens is 1. The maximum Gasteiger partial charge on any atom is 2.00 e. The average molecular weight is 240 g/mol. The summed E-state index contributed by atoms with van der Waals surface area (Å²) in [6.07, 6.45) is 0. The summed E-state index contributed by atoms with van der Waals surface area (Å²) in [5.74, 6) is 0. The zero-order chi connectivity index (χ0) is 12.6. The van der Waals surface area contributed by atoms with Gasteiger partial charge in [-0.1, -0.05) is 0 Å². The van der Waals surface area contributed by atoms with Crippen molar-refractivity contribution in [3.63, 3.8) is 0 Å². The SMILES string of the molecule is C[N+](C)(C)C.[Ca+2].[N-]=[N+]=[N-].[N-]=[N+]=[N-].[N-]=[N+]=[N-]. The van der Waals surface area contributed by atoms with Gasteiger partial charge in [0.1, 0.15) is 0 Å². The first-order chi connectivity index (χ1) is 6.24. The average Bonchev–Trinajstić information content (AvgIpc) is 1.86. The van der Waals surface area contributed by atoms with Crippen LogP contribution < -0.4 is 0 Å². The van der Waals surface area contributed by atoms with Gasteiger partial charge in [0.25, 0.3) is 0 Å². The molecule has 0 heterocycles. The van der Waals surface area contributed by atoms with Crippen LogP contribution in [0.5, 0.6) is 0 Å². The summed E-state index contributed by atoms with van der Waals surface area (Å²) in [5, 5.41) is 0. The molecule has 0 bridgehead atoms. The van der Waals surface area contributed by atoms with Crippen molar-refractivity contribution in [3.05, 3.63) is 47.9 Å². The van der Waals surface area contributed by atoms with E-state index in [1.54, 1.807) is 0 Å². The molecule has 0 aromatic carbocycles. The maximum absolute atomic E-state index is 6.75. The summed E-state index contributed by atoms with van der Waals surface area (Å²) < 4.78 is 1.00. The van der Waals surface area contributed by atoms with Gasteiger partial charge in [-0.3, -0.25) is 14.7 Å². The summed E-state index contributed by atoms with van der Waals surface area (Å²) in [6.45, 7) is 0. The first kappa shape index (κ1) is 29.2. The van der Waals surface area contributed by atoms with E-state index >= 15 is 0 Å². The van der Waals surface area contributed by atoms with Crippen LogP contribution in [0.15, 0.2) is 0 Å². The third kappa shape index (κ3) is 2260. The maximum atomic E-state index is 6.75. The molecule has 0 aliphatic carbocycles. The van der Waals surface area contributed by atoms with Crippen molar-refractivity contribution in [3.8, 4) is 0 Å². The van der Waals surface area contributed by atoms with E-state index in [1.165, 1.54) is 14.7 Å². The van der Waals surface area contributed by atoms with Gasteiger partial charge in [0.2, 0.25) is 0 Å². The largest absolute Gasteiger partial charge is 2.00 e. The fraction of sp³-hybridized carbons (Fsp3) is 1.00. The predicted molar refractivity (Wildman–Crippen MR) is 59.9 cm³/mol. The molecule has 0 radical (unpaired) electrons. The number of nitrogens with zero attached hydrogens (tertiary/aromatic N) is 10. The second-order valence-electron chi connectivity index (χ2n) is 2.95. The van der Waals surface area contributed by atoms with E-state index in [0.29, 0.717) is 0 Å². The van der Waals surface area contributed by atoms with Gasteiger partial charge in [-0.2, -0.15) is 0 Å². The van der Waals surface area contributed by atoms with Crippen LogP contribution in [0.4, 0.5) is 0 Å². The van der Waals surface area contributed by atoms with Crippen LogP contribution >= 0.6 is 0 Å². The van der Waals surface area contributed by atoms with Crippen LogP contribution in [0.2, 0.25) is 0 Å². The fourth-order valence-electron chi connectivity index (χ4n) is 0. The molecule has 15 heavy (non-hydrogen) atoms. The monoisotopic (exact) mass is 240 g/mol.